The molecule has 0 fully saturated rings. The lowest BCUT2D eigenvalue weighted by Gasteiger charge is -2.16. The molecule has 0 aliphatic heterocycles. The van der Waals surface area contributed by atoms with Gasteiger partial charge in [-0.3, -0.25) is 20.0 Å². The Morgan fingerprint density at radius 3 is 2.76 bits per heavy atom. The van der Waals surface area contributed by atoms with Crippen molar-refractivity contribution in [3.8, 4) is 10.8 Å². The van der Waals surface area contributed by atoms with Crippen molar-refractivity contribution < 1.29 is 9.53 Å². The number of hydrogen-bond donors (Lipinski definition) is 3. The summed E-state index contributed by atoms with van der Waals surface area (Å²) in [6.07, 6.45) is 0. The quantitative estimate of drug-likeness (QED) is 0.384. The molecule has 0 bridgehead atoms. The number of carbonyl (C=O) groups is 1. The number of hydrogen-bond acceptors (Lipinski definition) is 5. The Morgan fingerprint density at radius 1 is 1.31 bits per heavy atom. The molecule has 0 spiro atoms. The van der Waals surface area contributed by atoms with Crippen molar-refractivity contribution in [1.29, 1.82) is 0 Å². The van der Waals surface area contributed by atoms with E-state index in [1.165, 1.54) is 11.9 Å². The first-order valence-electron chi connectivity index (χ1n) is 9.28. The molecule has 3 aromatic rings. The Hall–Kier alpha value is -2.55. The van der Waals surface area contributed by atoms with Crippen LogP contribution >= 0.6 is 22.9 Å². The molecule has 0 radical (unpaired) electrons. The van der Waals surface area contributed by atoms with E-state index in [1.807, 2.05) is 12.1 Å². The van der Waals surface area contributed by atoms with Gasteiger partial charge in [0.25, 0.3) is 5.91 Å². The number of halogens is 1. The van der Waals surface area contributed by atoms with E-state index in [4.69, 9.17) is 22.1 Å². The van der Waals surface area contributed by atoms with Crippen molar-refractivity contribution in [3.05, 3.63) is 45.9 Å². The van der Waals surface area contributed by atoms with Crippen molar-refractivity contribution in [2.75, 3.05) is 20.1 Å². The Labute approximate surface area is 178 Å². The predicted molar refractivity (Wildman–Crippen MR) is 119 cm³/mol. The van der Waals surface area contributed by atoms with E-state index in [2.05, 4.69) is 40.1 Å². The summed E-state index contributed by atoms with van der Waals surface area (Å²) < 4.78 is 6.00. The molecule has 0 aliphatic rings. The number of fused-ring (bicyclic) bond motifs is 1. The topological polar surface area (TPSA) is 95.7 Å². The molecule has 2 heterocycles. The number of H-pyrrole nitrogens is 1. The third-order valence-electron chi connectivity index (χ3n) is 4.52. The molecule has 4 N–H and O–H groups in total. The maximum atomic E-state index is 12.2. The minimum Gasteiger partial charge on any atom is -0.447 e. The lowest BCUT2D eigenvalue weighted by Crippen LogP contribution is -2.36. The van der Waals surface area contributed by atoms with Crippen molar-refractivity contribution in [2.24, 2.45) is 10.7 Å². The molecule has 0 atom stereocenters. The first kappa shape index (κ1) is 21.2. The van der Waals surface area contributed by atoms with Gasteiger partial charge in [-0.1, -0.05) is 25.4 Å². The number of thiophene rings is 1. The molecule has 0 saturated carbocycles. The zero-order chi connectivity index (χ0) is 21.0. The third kappa shape index (κ3) is 5.09. The second-order valence-corrected chi connectivity index (χ2v) is 7.93. The van der Waals surface area contributed by atoms with Crippen LogP contribution in [0.1, 0.15) is 29.2 Å². The van der Waals surface area contributed by atoms with E-state index >= 15 is 0 Å². The molecule has 0 saturated heterocycles. The van der Waals surface area contributed by atoms with E-state index in [1.54, 1.807) is 23.5 Å². The van der Waals surface area contributed by atoms with Gasteiger partial charge in [0.2, 0.25) is 0 Å². The van der Waals surface area contributed by atoms with Gasteiger partial charge in [0.05, 0.1) is 10.5 Å². The number of aliphatic imine (C=N–C) groups is 1. The van der Waals surface area contributed by atoms with E-state index in [-0.39, 0.29) is 11.9 Å². The molecule has 1 aromatic carbocycles. The molecular formula is C20H24ClN5O2S. The Balaban J connectivity index is 1.79. The first-order chi connectivity index (χ1) is 13.9. The zero-order valence-electron chi connectivity index (χ0n) is 16.6. The number of aromatic amines is 1. The van der Waals surface area contributed by atoms with Crippen LogP contribution in [0.25, 0.3) is 10.9 Å². The van der Waals surface area contributed by atoms with Gasteiger partial charge in [0.1, 0.15) is 11.4 Å². The second kappa shape index (κ2) is 9.30. The fraction of sp³-hybridized carbons (Fsp3) is 0.300. The summed E-state index contributed by atoms with van der Waals surface area (Å²) in [6.45, 7) is 7.23. The summed E-state index contributed by atoms with van der Waals surface area (Å²) in [4.78, 5) is 22.6. The van der Waals surface area contributed by atoms with Crippen LogP contribution in [-0.4, -0.2) is 41.9 Å². The fourth-order valence-corrected chi connectivity index (χ4v) is 4.05. The van der Waals surface area contributed by atoms with Gasteiger partial charge in [0, 0.05) is 36.0 Å². The Bertz CT molecular complexity index is 1040. The normalized spacial score (nSPS) is 12.0. The van der Waals surface area contributed by atoms with Gasteiger partial charge < -0.3 is 15.5 Å². The fourth-order valence-electron chi connectivity index (χ4n) is 2.87. The SMILES string of the molecule is CCN(CC)Cc1ccc(Oc2cc(Cl)c3cc(C(=O)NC(N)=NC)[nH]c3c2)s1. The van der Waals surface area contributed by atoms with Gasteiger partial charge in [-0.2, -0.15) is 0 Å². The van der Waals surface area contributed by atoms with Gasteiger partial charge in [-0.15, -0.1) is 11.3 Å². The van der Waals surface area contributed by atoms with Crippen LogP contribution in [0.4, 0.5) is 0 Å². The Morgan fingerprint density at radius 2 is 2.07 bits per heavy atom. The zero-order valence-corrected chi connectivity index (χ0v) is 18.2. The molecule has 154 valence electrons. The molecule has 29 heavy (non-hydrogen) atoms. The number of amides is 1. The summed E-state index contributed by atoms with van der Waals surface area (Å²) in [7, 11) is 1.50. The highest BCUT2D eigenvalue weighted by Gasteiger charge is 2.14. The van der Waals surface area contributed by atoms with E-state index in [0.717, 1.165) is 30.1 Å². The second-order valence-electron chi connectivity index (χ2n) is 6.40. The van der Waals surface area contributed by atoms with Crippen LogP contribution < -0.4 is 15.8 Å². The van der Waals surface area contributed by atoms with Gasteiger partial charge in [0.15, 0.2) is 11.0 Å². The number of nitrogens with one attached hydrogen (secondary N) is 2. The molecule has 0 unspecified atom stereocenters. The van der Waals surface area contributed by atoms with Crippen LogP contribution in [0.2, 0.25) is 5.02 Å². The molecule has 3 rings (SSSR count). The maximum Gasteiger partial charge on any atom is 0.274 e. The lowest BCUT2D eigenvalue weighted by atomic mass is 10.2. The molecule has 2 aromatic heterocycles. The van der Waals surface area contributed by atoms with Crippen molar-refractivity contribution in [1.82, 2.24) is 15.2 Å². The molecular weight excluding hydrogens is 410 g/mol. The van der Waals surface area contributed by atoms with Crippen molar-refractivity contribution >= 4 is 45.7 Å². The number of nitrogens with zero attached hydrogens (tertiary/aromatic N) is 2. The number of nitrogens with two attached hydrogens (primary N) is 1. The highest BCUT2D eigenvalue weighted by Crippen LogP contribution is 2.35. The average molecular weight is 434 g/mol. The predicted octanol–water partition coefficient (Wildman–Crippen LogP) is 4.19. The summed E-state index contributed by atoms with van der Waals surface area (Å²) in [5, 5.41) is 4.50. The summed E-state index contributed by atoms with van der Waals surface area (Å²) in [5.41, 5.74) is 6.59. The van der Waals surface area contributed by atoms with E-state index in [0.29, 0.717) is 22.0 Å². The van der Waals surface area contributed by atoms with Crippen molar-refractivity contribution in [3.63, 3.8) is 0 Å². The number of ether oxygens (including phenoxy) is 1. The molecule has 1 amide bonds. The number of benzene rings is 1. The molecule has 7 nitrogen and oxygen atoms in total. The lowest BCUT2D eigenvalue weighted by molar-refractivity contribution is 0.0972. The number of carbonyl (C=O) groups excluding carboxylic acids is 1. The van der Waals surface area contributed by atoms with Crippen LogP contribution in [0.5, 0.6) is 10.8 Å². The number of aromatic nitrogens is 1. The first-order valence-corrected chi connectivity index (χ1v) is 10.5. The van der Waals surface area contributed by atoms with E-state index < -0.39 is 0 Å². The van der Waals surface area contributed by atoms with Crippen LogP contribution in [0.15, 0.2) is 35.3 Å². The molecule has 0 aliphatic carbocycles. The minimum absolute atomic E-state index is 0.0435. The van der Waals surface area contributed by atoms with Gasteiger partial charge >= 0.3 is 0 Å². The smallest absolute Gasteiger partial charge is 0.274 e. The van der Waals surface area contributed by atoms with Crippen molar-refractivity contribution in [2.45, 2.75) is 20.4 Å². The van der Waals surface area contributed by atoms with Crippen LogP contribution in [-0.2, 0) is 6.54 Å². The number of rotatable bonds is 7. The monoisotopic (exact) mass is 433 g/mol. The van der Waals surface area contributed by atoms with Gasteiger partial charge in [-0.05, 0) is 31.3 Å². The van der Waals surface area contributed by atoms with Crippen LogP contribution in [0, 0.1) is 0 Å². The highest BCUT2D eigenvalue weighted by atomic mass is 35.5. The Kier molecular flexibility index (Phi) is 6.79. The standard InChI is InChI=1S/C20H24ClN5O2S/c1-4-26(5-2)11-13-6-7-18(29-13)28-12-8-15(21)14-10-17(24-16(14)9-12)19(27)25-20(22)23-3/h6-10,24H,4-5,11H2,1-3H3,(H3,22,23,25,27). The molecule has 9 heteroatoms. The third-order valence-corrected chi connectivity index (χ3v) is 5.78. The number of guanidine groups is 1. The summed E-state index contributed by atoms with van der Waals surface area (Å²) >= 11 is 8.02. The van der Waals surface area contributed by atoms with Crippen LogP contribution in [0.3, 0.4) is 0 Å². The van der Waals surface area contributed by atoms with Gasteiger partial charge in [-0.25, -0.2) is 0 Å². The maximum absolute atomic E-state index is 12.2. The van der Waals surface area contributed by atoms with E-state index in [9.17, 15) is 4.79 Å². The highest BCUT2D eigenvalue weighted by molar-refractivity contribution is 7.13. The average Bonchev–Trinajstić information content (AvgIpc) is 3.33. The summed E-state index contributed by atoms with van der Waals surface area (Å²) in [5.74, 6) is 0.256. The summed E-state index contributed by atoms with van der Waals surface area (Å²) in [6, 6.07) is 9.27. The minimum atomic E-state index is -0.387. The largest absolute Gasteiger partial charge is 0.447 e.